The van der Waals surface area contributed by atoms with Gasteiger partial charge in [0, 0.05) is 32.0 Å². The number of carbonyl (C=O) groups excluding carboxylic acids is 1. The number of guanidine groups is 1. The molecule has 0 aliphatic rings. The third kappa shape index (κ3) is 7.99. The Bertz CT molecular complexity index is 529. The van der Waals surface area contributed by atoms with Gasteiger partial charge in [-0.05, 0) is 32.3 Å². The molecule has 1 rings (SSSR count). The summed E-state index contributed by atoms with van der Waals surface area (Å²) in [5.41, 5.74) is 2.59. The number of methoxy groups -OCH3 is 1. The van der Waals surface area contributed by atoms with E-state index in [4.69, 9.17) is 0 Å². The molecular weight excluding hydrogens is 302 g/mol. The number of benzene rings is 1. The van der Waals surface area contributed by atoms with Crippen LogP contribution in [0.15, 0.2) is 29.3 Å². The molecule has 0 aliphatic carbocycles. The summed E-state index contributed by atoms with van der Waals surface area (Å²) in [6.45, 7) is 8.71. The Kier molecular flexibility index (Phi) is 9.58. The molecule has 0 heterocycles. The molecule has 0 radical (unpaired) electrons. The second-order valence-electron chi connectivity index (χ2n) is 5.99. The van der Waals surface area contributed by atoms with Crippen LogP contribution in [0.5, 0.6) is 0 Å². The fourth-order valence-electron chi connectivity index (χ4n) is 2.36. The van der Waals surface area contributed by atoms with Crippen LogP contribution >= 0.6 is 0 Å². The van der Waals surface area contributed by atoms with Crippen molar-refractivity contribution in [3.63, 3.8) is 0 Å². The minimum atomic E-state index is -0.150. The van der Waals surface area contributed by atoms with E-state index in [1.165, 1.54) is 18.2 Å². The zero-order chi connectivity index (χ0) is 17.8. The van der Waals surface area contributed by atoms with E-state index in [9.17, 15) is 4.79 Å². The lowest BCUT2D eigenvalue weighted by Crippen LogP contribution is -2.38. The zero-order valence-corrected chi connectivity index (χ0v) is 15.4. The smallest absolute Gasteiger partial charge is 0.305 e. The highest BCUT2D eigenvalue weighted by atomic mass is 16.5. The summed E-state index contributed by atoms with van der Waals surface area (Å²) in [6, 6.07) is 8.57. The van der Waals surface area contributed by atoms with Crippen molar-refractivity contribution in [3.05, 3.63) is 35.4 Å². The molecule has 134 valence electrons. The highest BCUT2D eigenvalue weighted by molar-refractivity contribution is 5.79. The second kappa shape index (κ2) is 11.5. The normalized spacial score (nSPS) is 12.6. The van der Waals surface area contributed by atoms with Crippen LogP contribution in [0, 0.1) is 6.92 Å². The average molecular weight is 333 g/mol. The first-order valence-corrected chi connectivity index (χ1v) is 8.72. The van der Waals surface area contributed by atoms with Crippen LogP contribution in [0.25, 0.3) is 0 Å². The summed E-state index contributed by atoms with van der Waals surface area (Å²) >= 11 is 0. The van der Waals surface area contributed by atoms with Crippen molar-refractivity contribution < 1.29 is 9.53 Å². The van der Waals surface area contributed by atoms with Gasteiger partial charge in [-0.15, -0.1) is 0 Å². The number of nitrogens with one attached hydrogen (secondary N) is 2. The summed E-state index contributed by atoms with van der Waals surface area (Å²) in [5, 5.41) is 6.58. The SMILES string of the molecule is CCNC(=NCC(C)c1cccc(C)c1)NCCCCC(=O)OC. The van der Waals surface area contributed by atoms with E-state index < -0.39 is 0 Å². The average Bonchev–Trinajstić information content (AvgIpc) is 2.58. The molecule has 5 heteroatoms. The van der Waals surface area contributed by atoms with Gasteiger partial charge in [0.15, 0.2) is 5.96 Å². The largest absolute Gasteiger partial charge is 0.469 e. The molecular formula is C19H31N3O2. The molecule has 0 saturated heterocycles. The number of nitrogens with zero attached hydrogens (tertiary/aromatic N) is 1. The van der Waals surface area contributed by atoms with Crippen molar-refractivity contribution in [3.8, 4) is 0 Å². The molecule has 24 heavy (non-hydrogen) atoms. The molecule has 1 atom stereocenters. The molecule has 0 saturated carbocycles. The van der Waals surface area contributed by atoms with E-state index in [0.717, 1.165) is 38.4 Å². The number of aliphatic imine (C=N–C) groups is 1. The van der Waals surface area contributed by atoms with Crippen molar-refractivity contribution >= 4 is 11.9 Å². The first kappa shape index (κ1) is 20.0. The van der Waals surface area contributed by atoms with Gasteiger partial charge in [0.25, 0.3) is 0 Å². The molecule has 2 N–H and O–H groups in total. The Morgan fingerprint density at radius 2 is 2.08 bits per heavy atom. The van der Waals surface area contributed by atoms with E-state index >= 15 is 0 Å². The number of hydrogen-bond acceptors (Lipinski definition) is 3. The maximum atomic E-state index is 11.1. The standard InChI is InChI=1S/C19H31N3O2/c1-5-20-19(21-12-7-6-11-18(23)24-4)22-14-16(3)17-10-8-9-15(2)13-17/h8-10,13,16H,5-7,11-12,14H2,1-4H3,(H2,20,21,22). The summed E-state index contributed by atoms with van der Waals surface area (Å²) in [4.78, 5) is 15.7. The molecule has 0 spiro atoms. The van der Waals surface area contributed by atoms with Gasteiger partial charge < -0.3 is 15.4 Å². The van der Waals surface area contributed by atoms with Crippen LogP contribution in [0.1, 0.15) is 50.2 Å². The highest BCUT2D eigenvalue weighted by Gasteiger charge is 2.06. The number of esters is 1. The lowest BCUT2D eigenvalue weighted by molar-refractivity contribution is -0.140. The number of aryl methyl sites for hydroxylation is 1. The molecule has 0 amide bonds. The third-order valence-corrected chi connectivity index (χ3v) is 3.81. The Morgan fingerprint density at radius 1 is 1.29 bits per heavy atom. The molecule has 0 aromatic heterocycles. The molecule has 0 bridgehead atoms. The molecule has 0 fully saturated rings. The van der Waals surface area contributed by atoms with E-state index in [2.05, 4.69) is 65.4 Å². The fraction of sp³-hybridized carbons (Fsp3) is 0.579. The predicted molar refractivity (Wildman–Crippen MR) is 99.4 cm³/mol. The van der Waals surface area contributed by atoms with Gasteiger partial charge in [-0.2, -0.15) is 0 Å². The van der Waals surface area contributed by atoms with Crippen LogP contribution in [-0.2, 0) is 9.53 Å². The van der Waals surface area contributed by atoms with Gasteiger partial charge >= 0.3 is 5.97 Å². The minimum absolute atomic E-state index is 0.150. The maximum absolute atomic E-state index is 11.1. The number of hydrogen-bond donors (Lipinski definition) is 2. The Labute approximate surface area is 145 Å². The van der Waals surface area contributed by atoms with Crippen molar-refractivity contribution in [2.24, 2.45) is 4.99 Å². The third-order valence-electron chi connectivity index (χ3n) is 3.81. The first-order chi connectivity index (χ1) is 11.6. The van der Waals surface area contributed by atoms with Gasteiger partial charge in [-0.25, -0.2) is 0 Å². The fourth-order valence-corrected chi connectivity index (χ4v) is 2.36. The van der Waals surface area contributed by atoms with Gasteiger partial charge in [0.2, 0.25) is 0 Å². The molecule has 1 aromatic carbocycles. The second-order valence-corrected chi connectivity index (χ2v) is 5.99. The first-order valence-electron chi connectivity index (χ1n) is 8.72. The summed E-state index contributed by atoms with van der Waals surface area (Å²) in [5.74, 6) is 1.05. The van der Waals surface area contributed by atoms with Crippen molar-refractivity contribution in [1.82, 2.24) is 10.6 Å². The number of rotatable bonds is 9. The molecule has 0 aliphatic heterocycles. The summed E-state index contributed by atoms with van der Waals surface area (Å²) < 4.78 is 4.64. The van der Waals surface area contributed by atoms with Crippen molar-refractivity contribution in [1.29, 1.82) is 0 Å². The topological polar surface area (TPSA) is 62.7 Å². The Morgan fingerprint density at radius 3 is 2.75 bits per heavy atom. The highest BCUT2D eigenvalue weighted by Crippen LogP contribution is 2.16. The minimum Gasteiger partial charge on any atom is -0.469 e. The lowest BCUT2D eigenvalue weighted by atomic mass is 10.00. The molecule has 5 nitrogen and oxygen atoms in total. The van der Waals surface area contributed by atoms with E-state index in [-0.39, 0.29) is 5.97 Å². The lowest BCUT2D eigenvalue weighted by Gasteiger charge is -2.14. The maximum Gasteiger partial charge on any atom is 0.305 e. The van der Waals surface area contributed by atoms with Crippen molar-refractivity contribution in [2.45, 2.75) is 46.0 Å². The van der Waals surface area contributed by atoms with Crippen LogP contribution in [0.4, 0.5) is 0 Å². The Balaban J connectivity index is 2.42. The van der Waals surface area contributed by atoms with E-state index in [1.807, 2.05) is 0 Å². The molecule has 1 aromatic rings. The van der Waals surface area contributed by atoms with Gasteiger partial charge in [0.1, 0.15) is 0 Å². The number of carbonyl (C=O) groups is 1. The van der Waals surface area contributed by atoms with Crippen molar-refractivity contribution in [2.75, 3.05) is 26.7 Å². The summed E-state index contributed by atoms with van der Waals surface area (Å²) in [6.07, 6.45) is 2.20. The van der Waals surface area contributed by atoms with E-state index in [0.29, 0.717) is 12.3 Å². The van der Waals surface area contributed by atoms with Crippen LogP contribution < -0.4 is 10.6 Å². The quantitative estimate of drug-likeness (QED) is 0.316. The zero-order valence-electron chi connectivity index (χ0n) is 15.4. The molecule has 1 unspecified atom stereocenters. The predicted octanol–water partition coefficient (Wildman–Crippen LogP) is 3.00. The van der Waals surface area contributed by atoms with Crippen LogP contribution in [-0.4, -0.2) is 38.7 Å². The van der Waals surface area contributed by atoms with Gasteiger partial charge in [0.05, 0.1) is 7.11 Å². The van der Waals surface area contributed by atoms with Gasteiger partial charge in [-0.1, -0.05) is 36.8 Å². The number of ether oxygens (including phenoxy) is 1. The van der Waals surface area contributed by atoms with E-state index in [1.54, 1.807) is 0 Å². The summed E-state index contributed by atoms with van der Waals surface area (Å²) in [7, 11) is 1.42. The number of unbranched alkanes of at least 4 members (excludes halogenated alkanes) is 1. The monoisotopic (exact) mass is 333 g/mol. The van der Waals surface area contributed by atoms with Gasteiger partial charge in [-0.3, -0.25) is 9.79 Å². The van der Waals surface area contributed by atoms with Crippen LogP contribution in [0.3, 0.4) is 0 Å². The Hall–Kier alpha value is -2.04. The van der Waals surface area contributed by atoms with Crippen LogP contribution in [0.2, 0.25) is 0 Å².